The van der Waals surface area contributed by atoms with Crippen molar-refractivity contribution in [3.63, 3.8) is 0 Å². The Hall–Kier alpha value is -6.44. The Morgan fingerprint density at radius 3 is 1.35 bits per heavy atom. The number of fused-ring (bicyclic) bond motifs is 4. The Bertz CT molecular complexity index is 2570. The van der Waals surface area contributed by atoms with Gasteiger partial charge < -0.3 is 4.90 Å². The third-order valence-corrected chi connectivity index (χ3v) is 9.65. The average Bonchev–Trinajstić information content (AvgIpc) is 3.19. The normalized spacial score (nSPS) is 11.3. The highest BCUT2D eigenvalue weighted by molar-refractivity contribution is 6.13. The van der Waals surface area contributed by atoms with E-state index >= 15 is 0 Å². The van der Waals surface area contributed by atoms with E-state index in [9.17, 15) is 0 Å². The van der Waals surface area contributed by atoms with Crippen molar-refractivity contribution in [2.24, 2.45) is 0 Å². The van der Waals surface area contributed by atoms with Crippen LogP contribution in [0.4, 0.5) is 17.1 Å². The lowest BCUT2D eigenvalue weighted by Gasteiger charge is -2.26. The van der Waals surface area contributed by atoms with E-state index in [-0.39, 0.29) is 0 Å². The van der Waals surface area contributed by atoms with Gasteiger partial charge in [0.2, 0.25) is 0 Å². The van der Waals surface area contributed by atoms with E-state index in [2.05, 4.69) is 205 Å². The van der Waals surface area contributed by atoms with Gasteiger partial charge in [-0.05, 0) is 114 Å². The number of hydrogen-bond donors (Lipinski definition) is 0. The Labute approximate surface area is 287 Å². The molecule has 0 saturated heterocycles. The molecule has 0 bridgehead atoms. The van der Waals surface area contributed by atoms with Crippen LogP contribution in [0.15, 0.2) is 200 Å². The molecule has 9 rings (SSSR count). The minimum Gasteiger partial charge on any atom is -0.311 e. The minimum absolute atomic E-state index is 1.11. The summed E-state index contributed by atoms with van der Waals surface area (Å²) in [6.07, 6.45) is 0. The lowest BCUT2D eigenvalue weighted by molar-refractivity contribution is 1.28. The molecule has 0 fully saturated rings. The second-order valence-corrected chi connectivity index (χ2v) is 12.6. The number of hydrogen-bond acceptors (Lipinski definition) is 1. The molecule has 0 atom stereocenters. The maximum atomic E-state index is 2.35. The lowest BCUT2D eigenvalue weighted by Crippen LogP contribution is -2.09. The molecular formula is C48H33N. The zero-order valence-electron chi connectivity index (χ0n) is 27.0. The van der Waals surface area contributed by atoms with E-state index in [0.29, 0.717) is 0 Å². The fourth-order valence-electron chi connectivity index (χ4n) is 7.14. The van der Waals surface area contributed by atoms with Crippen molar-refractivity contribution in [3.05, 3.63) is 200 Å². The zero-order chi connectivity index (χ0) is 32.6. The molecule has 9 aromatic rings. The largest absolute Gasteiger partial charge is 0.311 e. The van der Waals surface area contributed by atoms with Gasteiger partial charge in [-0.3, -0.25) is 0 Å². The molecular weight excluding hydrogens is 591 g/mol. The van der Waals surface area contributed by atoms with Crippen molar-refractivity contribution < 1.29 is 0 Å². The van der Waals surface area contributed by atoms with Crippen LogP contribution in [-0.4, -0.2) is 0 Å². The van der Waals surface area contributed by atoms with E-state index < -0.39 is 0 Å². The SMILES string of the molecule is c1ccc(-c2ccc(N(c3ccc(-c4ccc5ccccc5c4)cc3)c3ccc(-c4cc5ccccc5c5ccccc45)cc3)cc2)cc1. The Morgan fingerprint density at radius 1 is 0.245 bits per heavy atom. The summed E-state index contributed by atoms with van der Waals surface area (Å²) in [5.74, 6) is 0. The van der Waals surface area contributed by atoms with Crippen molar-refractivity contribution in [1.82, 2.24) is 0 Å². The van der Waals surface area contributed by atoms with Crippen LogP contribution in [0.2, 0.25) is 0 Å². The molecule has 0 spiro atoms. The molecule has 0 aromatic heterocycles. The maximum Gasteiger partial charge on any atom is 0.0462 e. The Morgan fingerprint density at radius 2 is 0.694 bits per heavy atom. The topological polar surface area (TPSA) is 3.24 Å². The van der Waals surface area contributed by atoms with Gasteiger partial charge in [0.25, 0.3) is 0 Å². The second kappa shape index (κ2) is 12.3. The van der Waals surface area contributed by atoms with E-state index in [1.165, 1.54) is 65.7 Å². The monoisotopic (exact) mass is 623 g/mol. The lowest BCUT2D eigenvalue weighted by atomic mass is 9.93. The molecule has 0 aliphatic heterocycles. The van der Waals surface area contributed by atoms with E-state index in [1.807, 2.05) is 0 Å². The quantitative estimate of drug-likeness (QED) is 0.167. The van der Waals surface area contributed by atoms with Gasteiger partial charge in [0.15, 0.2) is 0 Å². The number of benzene rings is 9. The highest BCUT2D eigenvalue weighted by atomic mass is 15.1. The van der Waals surface area contributed by atoms with Crippen LogP contribution in [0.1, 0.15) is 0 Å². The Balaban J connectivity index is 1.12. The van der Waals surface area contributed by atoms with Gasteiger partial charge in [-0.15, -0.1) is 0 Å². The van der Waals surface area contributed by atoms with Crippen LogP contribution < -0.4 is 4.90 Å². The predicted molar refractivity (Wildman–Crippen MR) is 210 cm³/mol. The summed E-state index contributed by atoms with van der Waals surface area (Å²) < 4.78 is 0. The molecule has 0 heterocycles. The number of rotatable bonds is 6. The van der Waals surface area contributed by atoms with Gasteiger partial charge in [-0.2, -0.15) is 0 Å². The summed E-state index contributed by atoms with van der Waals surface area (Å²) in [6, 6.07) is 72.4. The molecule has 0 N–H and O–H groups in total. The van der Waals surface area contributed by atoms with Crippen LogP contribution in [0.25, 0.3) is 65.7 Å². The van der Waals surface area contributed by atoms with E-state index in [4.69, 9.17) is 0 Å². The van der Waals surface area contributed by atoms with Crippen LogP contribution in [0.3, 0.4) is 0 Å². The molecule has 0 aliphatic rings. The highest BCUT2D eigenvalue weighted by Gasteiger charge is 2.15. The first-order valence-electron chi connectivity index (χ1n) is 16.8. The van der Waals surface area contributed by atoms with Gasteiger partial charge in [-0.1, -0.05) is 152 Å². The first kappa shape index (κ1) is 28.8. The number of anilines is 3. The maximum absolute atomic E-state index is 2.35. The summed E-state index contributed by atoms with van der Waals surface area (Å²) >= 11 is 0. The standard InChI is InChI=1S/C48H33N/c1-2-10-34(11-3-1)36-20-26-42(27-21-36)49(43-28-22-37(23-29-43)40-19-18-35-12-4-5-13-39(35)32-40)44-30-24-38(25-31-44)48-33-41-14-6-7-15-45(41)46-16-8-9-17-47(46)48/h1-33H. The molecule has 0 unspecified atom stereocenters. The fraction of sp³-hybridized carbons (Fsp3) is 0. The fourth-order valence-corrected chi connectivity index (χ4v) is 7.14. The van der Waals surface area contributed by atoms with Crippen molar-refractivity contribution in [2.45, 2.75) is 0 Å². The smallest absolute Gasteiger partial charge is 0.0462 e. The molecule has 0 saturated carbocycles. The second-order valence-electron chi connectivity index (χ2n) is 12.6. The summed E-state index contributed by atoms with van der Waals surface area (Å²) in [5.41, 5.74) is 10.6. The first-order valence-corrected chi connectivity index (χ1v) is 16.8. The molecule has 0 radical (unpaired) electrons. The zero-order valence-corrected chi connectivity index (χ0v) is 27.0. The molecule has 230 valence electrons. The molecule has 49 heavy (non-hydrogen) atoms. The minimum atomic E-state index is 1.11. The summed E-state index contributed by atoms with van der Waals surface area (Å²) in [7, 11) is 0. The van der Waals surface area contributed by atoms with Crippen molar-refractivity contribution in [1.29, 1.82) is 0 Å². The van der Waals surface area contributed by atoms with Gasteiger partial charge >= 0.3 is 0 Å². The van der Waals surface area contributed by atoms with Crippen LogP contribution in [-0.2, 0) is 0 Å². The number of nitrogens with zero attached hydrogens (tertiary/aromatic N) is 1. The summed E-state index contributed by atoms with van der Waals surface area (Å²) in [4.78, 5) is 2.35. The molecule has 0 amide bonds. The highest BCUT2D eigenvalue weighted by Crippen LogP contribution is 2.40. The van der Waals surface area contributed by atoms with Crippen LogP contribution in [0.5, 0.6) is 0 Å². The average molecular weight is 624 g/mol. The van der Waals surface area contributed by atoms with Crippen molar-refractivity contribution in [2.75, 3.05) is 4.90 Å². The van der Waals surface area contributed by atoms with Gasteiger partial charge in [0.05, 0.1) is 0 Å². The predicted octanol–water partition coefficient (Wildman–Crippen LogP) is 13.6. The third kappa shape index (κ3) is 5.42. The van der Waals surface area contributed by atoms with Gasteiger partial charge in [-0.25, -0.2) is 0 Å². The molecule has 9 aromatic carbocycles. The third-order valence-electron chi connectivity index (χ3n) is 9.65. The van der Waals surface area contributed by atoms with E-state index in [0.717, 1.165) is 17.1 Å². The summed E-state index contributed by atoms with van der Waals surface area (Å²) in [5, 5.41) is 7.61. The van der Waals surface area contributed by atoms with Crippen LogP contribution in [0, 0.1) is 0 Å². The summed E-state index contributed by atoms with van der Waals surface area (Å²) in [6.45, 7) is 0. The van der Waals surface area contributed by atoms with Gasteiger partial charge in [0, 0.05) is 17.1 Å². The molecule has 1 nitrogen and oxygen atoms in total. The Kier molecular flexibility index (Phi) is 7.22. The van der Waals surface area contributed by atoms with Crippen molar-refractivity contribution in [3.8, 4) is 33.4 Å². The van der Waals surface area contributed by atoms with Gasteiger partial charge in [0.1, 0.15) is 0 Å². The molecule has 0 aliphatic carbocycles. The van der Waals surface area contributed by atoms with E-state index in [1.54, 1.807) is 0 Å². The van der Waals surface area contributed by atoms with Crippen molar-refractivity contribution >= 4 is 49.4 Å². The van der Waals surface area contributed by atoms with Crippen LogP contribution >= 0.6 is 0 Å². The molecule has 1 heteroatoms. The first-order chi connectivity index (χ1) is 24.3.